The highest BCUT2D eigenvalue weighted by atomic mass is 32.1. The summed E-state index contributed by atoms with van der Waals surface area (Å²) in [7, 11) is 1.70. The van der Waals surface area contributed by atoms with Gasteiger partial charge in [-0.05, 0) is 24.6 Å². The van der Waals surface area contributed by atoms with Crippen LogP contribution in [0.15, 0.2) is 52.7 Å². The van der Waals surface area contributed by atoms with Gasteiger partial charge in [0.25, 0.3) is 5.91 Å². The zero-order chi connectivity index (χ0) is 22.3. The van der Waals surface area contributed by atoms with Crippen LogP contribution < -0.4 is 5.32 Å². The molecule has 1 atom stereocenters. The second-order valence-corrected chi connectivity index (χ2v) is 8.52. The molecule has 0 saturated carbocycles. The molecular weight excluding hydrogens is 428 g/mol. The van der Waals surface area contributed by atoms with Gasteiger partial charge in [0, 0.05) is 37.2 Å². The Kier molecular flexibility index (Phi) is 4.95. The lowest BCUT2D eigenvalue weighted by molar-refractivity contribution is -0.143. The second-order valence-electron chi connectivity index (χ2n) is 7.66. The summed E-state index contributed by atoms with van der Waals surface area (Å²) in [5, 5.41) is 20.6. The molecule has 1 aliphatic rings. The molecule has 1 aliphatic heterocycles. The minimum atomic E-state index is -1.49. The second kappa shape index (κ2) is 7.81. The number of carbonyl (C=O) groups is 1. The molecule has 1 saturated heterocycles. The molecule has 162 valence electrons. The molecule has 5 rings (SSSR count). The number of rotatable bonds is 5. The van der Waals surface area contributed by atoms with Crippen LogP contribution in [0.4, 0.5) is 11.6 Å². The molecule has 0 spiro atoms. The van der Waals surface area contributed by atoms with Crippen molar-refractivity contribution in [3.8, 4) is 22.0 Å². The number of likely N-dealkylation sites (tertiary alicyclic amines) is 1. The first-order chi connectivity index (χ1) is 15.4. The van der Waals surface area contributed by atoms with E-state index in [-0.39, 0.29) is 5.91 Å². The summed E-state index contributed by atoms with van der Waals surface area (Å²) in [5.74, 6) is 0.134. The molecule has 0 aliphatic carbocycles. The van der Waals surface area contributed by atoms with Crippen molar-refractivity contribution in [3.63, 3.8) is 0 Å². The molecular formula is C22H20N6O3S. The number of aryl methyl sites for hydroxylation is 1. The summed E-state index contributed by atoms with van der Waals surface area (Å²) in [6, 6.07) is 9.16. The summed E-state index contributed by atoms with van der Waals surface area (Å²) in [6.07, 6.45) is 3.53. The van der Waals surface area contributed by atoms with Gasteiger partial charge in [0.2, 0.25) is 5.95 Å². The largest absolute Gasteiger partial charge is 0.375 e. The minimum Gasteiger partial charge on any atom is -0.375 e. The van der Waals surface area contributed by atoms with Gasteiger partial charge in [0.05, 0.1) is 5.69 Å². The highest BCUT2D eigenvalue weighted by molar-refractivity contribution is 7.13. The molecule has 3 aromatic heterocycles. The fourth-order valence-corrected chi connectivity index (χ4v) is 4.46. The van der Waals surface area contributed by atoms with E-state index in [0.717, 1.165) is 10.6 Å². The van der Waals surface area contributed by atoms with Gasteiger partial charge in [-0.2, -0.15) is 0 Å². The first-order valence-electron chi connectivity index (χ1n) is 10.00. The van der Waals surface area contributed by atoms with Crippen LogP contribution in [0.1, 0.15) is 17.7 Å². The number of nitrogens with zero attached hydrogens (tertiary/aromatic N) is 5. The number of benzene rings is 1. The smallest absolute Gasteiger partial charge is 0.258 e. The number of aliphatic hydroxyl groups is 1. The maximum absolute atomic E-state index is 12.5. The van der Waals surface area contributed by atoms with E-state index in [1.807, 2.05) is 30.5 Å². The Labute approximate surface area is 187 Å². The Hall–Kier alpha value is -3.63. The average Bonchev–Trinajstić information content (AvgIpc) is 3.52. The lowest BCUT2D eigenvalue weighted by Crippen LogP contribution is -2.36. The number of thiazole rings is 1. The van der Waals surface area contributed by atoms with Crippen LogP contribution in [-0.4, -0.2) is 49.6 Å². The van der Waals surface area contributed by atoms with Gasteiger partial charge in [0.15, 0.2) is 5.60 Å². The Morgan fingerprint density at radius 3 is 2.88 bits per heavy atom. The third-order valence-electron chi connectivity index (χ3n) is 5.52. The third kappa shape index (κ3) is 3.53. The van der Waals surface area contributed by atoms with E-state index in [1.165, 1.54) is 17.6 Å². The van der Waals surface area contributed by atoms with Gasteiger partial charge in [0.1, 0.15) is 28.3 Å². The van der Waals surface area contributed by atoms with Crippen molar-refractivity contribution in [1.29, 1.82) is 0 Å². The molecule has 1 amide bonds. The van der Waals surface area contributed by atoms with E-state index in [9.17, 15) is 9.90 Å². The standard InChI is InChI=1S/C22H20N6O3S/c1-13-17(11-31-27-13)26-21-23-8-6-16(25-21)18-12-32-19(24-18)14-4-3-5-15(10-14)22(30)7-9-28(2)20(22)29/h3-6,8,10-12,30H,7,9H2,1-2H3,(H,23,25,26). The molecule has 0 radical (unpaired) electrons. The highest BCUT2D eigenvalue weighted by Crippen LogP contribution is 2.36. The molecule has 10 heteroatoms. The van der Waals surface area contributed by atoms with E-state index in [0.29, 0.717) is 47.2 Å². The van der Waals surface area contributed by atoms with E-state index in [2.05, 4.69) is 20.4 Å². The summed E-state index contributed by atoms with van der Waals surface area (Å²) in [5.41, 5.74) is 2.71. The number of aromatic nitrogens is 4. The van der Waals surface area contributed by atoms with Crippen molar-refractivity contribution in [3.05, 3.63) is 59.4 Å². The van der Waals surface area contributed by atoms with Crippen LogP contribution in [0.25, 0.3) is 22.0 Å². The lowest BCUT2D eigenvalue weighted by Gasteiger charge is -2.21. The number of hydrogen-bond acceptors (Lipinski definition) is 9. The Bertz CT molecular complexity index is 1300. The summed E-state index contributed by atoms with van der Waals surface area (Å²) in [4.78, 5) is 27.5. The number of anilines is 2. The molecule has 4 heterocycles. The maximum atomic E-state index is 12.5. The number of amides is 1. The van der Waals surface area contributed by atoms with Crippen LogP contribution >= 0.6 is 11.3 Å². The van der Waals surface area contributed by atoms with Crippen LogP contribution in [-0.2, 0) is 10.4 Å². The number of hydrogen-bond donors (Lipinski definition) is 2. The number of likely N-dealkylation sites (N-methyl/N-ethyl adjacent to an activating group) is 1. The van der Waals surface area contributed by atoms with Crippen molar-refractivity contribution < 1.29 is 14.4 Å². The Morgan fingerprint density at radius 2 is 2.12 bits per heavy atom. The molecule has 2 N–H and O–H groups in total. The molecule has 4 aromatic rings. The predicted molar refractivity (Wildman–Crippen MR) is 119 cm³/mol. The molecule has 1 fully saturated rings. The lowest BCUT2D eigenvalue weighted by atomic mass is 9.91. The number of nitrogens with one attached hydrogen (secondary N) is 1. The first-order valence-corrected chi connectivity index (χ1v) is 10.9. The van der Waals surface area contributed by atoms with Crippen molar-refractivity contribution in [2.75, 3.05) is 18.9 Å². The molecule has 9 nitrogen and oxygen atoms in total. The number of carbonyl (C=O) groups excluding carboxylic acids is 1. The van der Waals surface area contributed by atoms with Crippen molar-refractivity contribution >= 4 is 28.9 Å². The molecule has 0 bridgehead atoms. The zero-order valence-corrected chi connectivity index (χ0v) is 18.3. The van der Waals surface area contributed by atoms with Gasteiger partial charge in [-0.1, -0.05) is 23.4 Å². The van der Waals surface area contributed by atoms with Gasteiger partial charge in [-0.25, -0.2) is 15.0 Å². The van der Waals surface area contributed by atoms with Crippen molar-refractivity contribution in [2.24, 2.45) is 0 Å². The van der Waals surface area contributed by atoms with E-state index >= 15 is 0 Å². The van der Waals surface area contributed by atoms with Crippen LogP contribution in [0.5, 0.6) is 0 Å². The fourth-order valence-electron chi connectivity index (χ4n) is 3.65. The molecule has 32 heavy (non-hydrogen) atoms. The average molecular weight is 449 g/mol. The van der Waals surface area contributed by atoms with Crippen molar-refractivity contribution in [2.45, 2.75) is 18.9 Å². The van der Waals surface area contributed by atoms with Gasteiger partial charge < -0.3 is 19.8 Å². The van der Waals surface area contributed by atoms with Gasteiger partial charge >= 0.3 is 0 Å². The monoisotopic (exact) mass is 448 g/mol. The normalized spacial score (nSPS) is 18.3. The Morgan fingerprint density at radius 1 is 1.25 bits per heavy atom. The van der Waals surface area contributed by atoms with Gasteiger partial charge in [-0.15, -0.1) is 11.3 Å². The maximum Gasteiger partial charge on any atom is 0.258 e. The zero-order valence-electron chi connectivity index (χ0n) is 17.4. The summed E-state index contributed by atoms with van der Waals surface area (Å²) < 4.78 is 4.93. The van der Waals surface area contributed by atoms with Crippen LogP contribution in [0.3, 0.4) is 0 Å². The highest BCUT2D eigenvalue weighted by Gasteiger charge is 2.45. The topological polar surface area (TPSA) is 117 Å². The third-order valence-corrected chi connectivity index (χ3v) is 6.41. The van der Waals surface area contributed by atoms with E-state index in [1.54, 1.807) is 30.3 Å². The summed E-state index contributed by atoms with van der Waals surface area (Å²) in [6.45, 7) is 2.35. The quantitative estimate of drug-likeness (QED) is 0.477. The first kappa shape index (κ1) is 20.3. The molecule has 1 unspecified atom stereocenters. The van der Waals surface area contributed by atoms with Crippen LogP contribution in [0.2, 0.25) is 0 Å². The molecule has 1 aromatic carbocycles. The van der Waals surface area contributed by atoms with E-state index in [4.69, 9.17) is 9.51 Å². The van der Waals surface area contributed by atoms with Crippen molar-refractivity contribution in [1.82, 2.24) is 25.0 Å². The minimum absolute atomic E-state index is 0.279. The van der Waals surface area contributed by atoms with Crippen LogP contribution in [0, 0.1) is 6.92 Å². The fraction of sp³-hybridized carbons (Fsp3) is 0.227. The van der Waals surface area contributed by atoms with E-state index < -0.39 is 5.60 Å². The summed E-state index contributed by atoms with van der Waals surface area (Å²) >= 11 is 1.47. The Balaban J connectivity index is 1.42. The van der Waals surface area contributed by atoms with Gasteiger partial charge in [-0.3, -0.25) is 4.79 Å². The SMILES string of the molecule is Cc1nocc1Nc1nccc(-c2csc(-c3cccc(C4(O)CCN(C)C4=O)c3)n2)n1. The predicted octanol–water partition coefficient (Wildman–Crippen LogP) is 3.36.